The molecule has 1 aliphatic heterocycles. The number of amides is 1. The zero-order valence-corrected chi connectivity index (χ0v) is 16.7. The number of aliphatic hydroxyl groups is 1. The molecule has 1 heterocycles. The Kier molecular flexibility index (Phi) is 5.44. The number of carbonyl (C=O) groups excluding carboxylic acids is 2. The number of benzene rings is 3. The Bertz CT molecular complexity index is 1240. The van der Waals surface area contributed by atoms with Crippen LogP contribution in [0, 0.1) is 17.5 Å². The Balaban J connectivity index is 1.94. The fourth-order valence-electron chi connectivity index (χ4n) is 3.62. The molecule has 0 radical (unpaired) electrons. The van der Waals surface area contributed by atoms with Gasteiger partial charge in [-0.3, -0.25) is 14.5 Å². The van der Waals surface area contributed by atoms with Crippen LogP contribution in [0.15, 0.2) is 72.3 Å². The zero-order valence-electron chi connectivity index (χ0n) is 16.7. The number of Topliss-reactive ketones (excluding diaryl/α,β-unsaturated/α-hetero) is 1. The van der Waals surface area contributed by atoms with Crippen molar-refractivity contribution in [3.63, 3.8) is 0 Å². The number of anilines is 1. The first-order valence-corrected chi connectivity index (χ1v) is 9.47. The van der Waals surface area contributed by atoms with Crippen LogP contribution in [-0.4, -0.2) is 23.9 Å². The summed E-state index contributed by atoms with van der Waals surface area (Å²) in [5, 5.41) is 10.9. The van der Waals surface area contributed by atoms with Gasteiger partial charge in [-0.2, -0.15) is 0 Å². The minimum absolute atomic E-state index is 0.218. The molecule has 1 fully saturated rings. The third-order valence-corrected chi connectivity index (χ3v) is 5.16. The standard InChI is InChI=1S/C24H16F3NO4/c1-32-17-9-4-14(5-10-17)22(29)20-21(13-2-6-15(25)7-3-13)28(24(31)23(20)30)19-11-8-16(26)12-18(19)27/h2-12,21,29H,1H3/b22-20+. The van der Waals surface area contributed by atoms with E-state index in [0.29, 0.717) is 11.8 Å². The molecule has 0 bridgehead atoms. The van der Waals surface area contributed by atoms with Crippen molar-refractivity contribution in [2.45, 2.75) is 6.04 Å². The highest BCUT2D eigenvalue weighted by Crippen LogP contribution is 2.43. The van der Waals surface area contributed by atoms with Gasteiger partial charge in [0.05, 0.1) is 24.4 Å². The molecule has 0 saturated carbocycles. The lowest BCUT2D eigenvalue weighted by atomic mass is 9.95. The number of aliphatic hydroxyl groups excluding tert-OH is 1. The number of hydrogen-bond donors (Lipinski definition) is 1. The minimum atomic E-state index is -1.27. The Labute approximate surface area is 181 Å². The third-order valence-electron chi connectivity index (χ3n) is 5.16. The van der Waals surface area contributed by atoms with E-state index in [1.165, 1.54) is 31.4 Å². The molecule has 1 N–H and O–H groups in total. The lowest BCUT2D eigenvalue weighted by Gasteiger charge is -2.25. The molecule has 0 aliphatic carbocycles. The van der Waals surface area contributed by atoms with E-state index in [4.69, 9.17) is 4.74 Å². The van der Waals surface area contributed by atoms with E-state index >= 15 is 0 Å². The number of halogens is 3. The summed E-state index contributed by atoms with van der Waals surface area (Å²) in [5.41, 5.74) is -0.188. The molecule has 1 amide bonds. The van der Waals surface area contributed by atoms with E-state index in [1.54, 1.807) is 12.1 Å². The molecule has 4 rings (SSSR count). The molecule has 1 saturated heterocycles. The highest BCUT2D eigenvalue weighted by molar-refractivity contribution is 6.51. The second-order valence-electron chi connectivity index (χ2n) is 7.04. The molecule has 3 aromatic carbocycles. The fraction of sp³-hybridized carbons (Fsp3) is 0.0833. The molecule has 5 nitrogen and oxygen atoms in total. The molecule has 8 heteroatoms. The Morgan fingerprint density at radius 2 is 1.53 bits per heavy atom. The highest BCUT2D eigenvalue weighted by Gasteiger charge is 2.47. The molecule has 3 aromatic rings. The largest absolute Gasteiger partial charge is 0.507 e. The van der Waals surface area contributed by atoms with Crippen LogP contribution in [0.4, 0.5) is 18.9 Å². The summed E-state index contributed by atoms with van der Waals surface area (Å²) >= 11 is 0. The van der Waals surface area contributed by atoms with Crippen LogP contribution in [0.2, 0.25) is 0 Å². The van der Waals surface area contributed by atoms with Gasteiger partial charge in [-0.05, 0) is 54.1 Å². The summed E-state index contributed by atoms with van der Waals surface area (Å²) in [6, 6.07) is 12.2. The van der Waals surface area contributed by atoms with Gasteiger partial charge in [0.15, 0.2) is 0 Å². The van der Waals surface area contributed by atoms with E-state index in [1.807, 2.05) is 0 Å². The van der Waals surface area contributed by atoms with Crippen LogP contribution in [0.25, 0.3) is 5.76 Å². The number of rotatable bonds is 4. The number of hydrogen-bond acceptors (Lipinski definition) is 4. The first-order chi connectivity index (χ1) is 15.3. The second-order valence-corrected chi connectivity index (χ2v) is 7.04. The van der Waals surface area contributed by atoms with Crippen LogP contribution in [0.3, 0.4) is 0 Å². The first-order valence-electron chi connectivity index (χ1n) is 9.47. The van der Waals surface area contributed by atoms with Crippen molar-refractivity contribution in [1.82, 2.24) is 0 Å². The van der Waals surface area contributed by atoms with E-state index in [2.05, 4.69) is 0 Å². The predicted molar refractivity (Wildman–Crippen MR) is 111 cm³/mol. The second kappa shape index (κ2) is 8.22. The van der Waals surface area contributed by atoms with Crippen LogP contribution in [-0.2, 0) is 9.59 Å². The summed E-state index contributed by atoms with van der Waals surface area (Å²) in [7, 11) is 1.46. The monoisotopic (exact) mass is 439 g/mol. The molecular formula is C24H16F3NO4. The van der Waals surface area contributed by atoms with Gasteiger partial charge in [-0.1, -0.05) is 12.1 Å². The van der Waals surface area contributed by atoms with Crippen molar-refractivity contribution in [3.8, 4) is 5.75 Å². The van der Waals surface area contributed by atoms with Crippen LogP contribution >= 0.6 is 0 Å². The minimum Gasteiger partial charge on any atom is -0.507 e. The van der Waals surface area contributed by atoms with Crippen molar-refractivity contribution in [2.24, 2.45) is 0 Å². The van der Waals surface area contributed by atoms with Gasteiger partial charge < -0.3 is 9.84 Å². The van der Waals surface area contributed by atoms with E-state index in [-0.39, 0.29) is 22.4 Å². The maximum atomic E-state index is 14.6. The van der Waals surface area contributed by atoms with Gasteiger partial charge in [0.2, 0.25) is 0 Å². The third kappa shape index (κ3) is 3.60. The van der Waals surface area contributed by atoms with Crippen molar-refractivity contribution in [1.29, 1.82) is 0 Å². The SMILES string of the molecule is COc1ccc(/C(O)=C2\C(=O)C(=O)N(c3ccc(F)cc3F)C2c2ccc(F)cc2)cc1. The van der Waals surface area contributed by atoms with Gasteiger partial charge in [0.1, 0.15) is 29.0 Å². The molecule has 162 valence electrons. The van der Waals surface area contributed by atoms with Gasteiger partial charge in [-0.15, -0.1) is 0 Å². The maximum Gasteiger partial charge on any atom is 0.300 e. The van der Waals surface area contributed by atoms with Crippen LogP contribution in [0.5, 0.6) is 5.75 Å². The number of ketones is 1. The molecular weight excluding hydrogens is 423 g/mol. The summed E-state index contributed by atoms with van der Waals surface area (Å²) in [4.78, 5) is 26.7. The quantitative estimate of drug-likeness (QED) is 0.362. The average molecular weight is 439 g/mol. The lowest BCUT2D eigenvalue weighted by Crippen LogP contribution is -2.30. The number of ether oxygens (including phenoxy) is 1. The lowest BCUT2D eigenvalue weighted by molar-refractivity contribution is -0.132. The Hall–Kier alpha value is -4.07. The van der Waals surface area contributed by atoms with Crippen molar-refractivity contribution < 1.29 is 32.6 Å². The van der Waals surface area contributed by atoms with Gasteiger partial charge in [-0.25, -0.2) is 13.2 Å². The van der Waals surface area contributed by atoms with Crippen LogP contribution < -0.4 is 9.64 Å². The van der Waals surface area contributed by atoms with E-state index < -0.39 is 40.9 Å². The topological polar surface area (TPSA) is 66.8 Å². The smallest absolute Gasteiger partial charge is 0.300 e. The van der Waals surface area contributed by atoms with Gasteiger partial charge in [0.25, 0.3) is 11.7 Å². The fourth-order valence-corrected chi connectivity index (χ4v) is 3.62. The Morgan fingerprint density at radius 3 is 2.12 bits per heavy atom. The van der Waals surface area contributed by atoms with Crippen molar-refractivity contribution in [3.05, 3.63) is 101 Å². The van der Waals surface area contributed by atoms with E-state index in [9.17, 15) is 27.9 Å². The summed E-state index contributed by atoms with van der Waals surface area (Å²) < 4.78 is 46.6. The zero-order chi connectivity index (χ0) is 23.0. The number of methoxy groups -OCH3 is 1. The number of carbonyl (C=O) groups is 2. The highest BCUT2D eigenvalue weighted by atomic mass is 19.1. The molecule has 1 atom stereocenters. The molecule has 1 unspecified atom stereocenters. The molecule has 1 aliphatic rings. The summed E-state index contributed by atoms with van der Waals surface area (Å²) in [6.45, 7) is 0. The average Bonchev–Trinajstić information content (AvgIpc) is 3.04. The molecule has 0 aromatic heterocycles. The summed E-state index contributed by atoms with van der Waals surface area (Å²) in [6.07, 6.45) is 0. The van der Waals surface area contributed by atoms with Crippen molar-refractivity contribution in [2.75, 3.05) is 12.0 Å². The maximum absolute atomic E-state index is 14.6. The number of nitrogens with zero attached hydrogens (tertiary/aromatic N) is 1. The van der Waals surface area contributed by atoms with Crippen molar-refractivity contribution >= 4 is 23.1 Å². The summed E-state index contributed by atoms with van der Waals surface area (Å²) in [5.74, 6) is -4.65. The molecule has 0 spiro atoms. The predicted octanol–water partition coefficient (Wildman–Crippen LogP) is 4.74. The molecule has 32 heavy (non-hydrogen) atoms. The normalized spacial score (nSPS) is 17.6. The Morgan fingerprint density at radius 1 is 0.906 bits per heavy atom. The van der Waals surface area contributed by atoms with Crippen LogP contribution in [0.1, 0.15) is 17.2 Å². The van der Waals surface area contributed by atoms with E-state index in [0.717, 1.165) is 29.2 Å². The van der Waals surface area contributed by atoms with Gasteiger partial charge in [0, 0.05) is 11.6 Å². The van der Waals surface area contributed by atoms with Gasteiger partial charge >= 0.3 is 0 Å². The first kappa shape index (κ1) is 21.2.